The van der Waals surface area contributed by atoms with Crippen molar-refractivity contribution in [2.75, 3.05) is 35.8 Å². The quantitative estimate of drug-likeness (QED) is 0.121. The van der Waals surface area contributed by atoms with Crippen LogP contribution in [-0.4, -0.2) is 21.1 Å². The molecule has 0 atom stereocenters. The molecule has 0 spiro atoms. The average Bonchev–Trinajstić information content (AvgIpc) is 0.926. The summed E-state index contributed by atoms with van der Waals surface area (Å²) in [5.74, 6) is 0. The van der Waals surface area contributed by atoms with Gasteiger partial charge in [0.1, 0.15) is 0 Å². The van der Waals surface area contributed by atoms with E-state index in [1.165, 1.54) is 270 Å². The van der Waals surface area contributed by atoms with Crippen LogP contribution in [0.25, 0.3) is 175 Å². The first-order valence-electron chi connectivity index (χ1n) is 47.9. The highest BCUT2D eigenvalue weighted by molar-refractivity contribution is 6.28. The molecule has 0 aromatic heterocycles. The minimum Gasteiger partial charge on any atom is -0.344 e. The highest BCUT2D eigenvalue weighted by Gasteiger charge is 2.41. The maximum absolute atomic E-state index is 2.48. The van der Waals surface area contributed by atoms with E-state index in [2.05, 4.69) is 506 Å². The van der Waals surface area contributed by atoms with E-state index in [1.54, 1.807) is 0 Å². The van der Waals surface area contributed by atoms with Crippen LogP contribution in [0.2, 0.25) is 0 Å². The van der Waals surface area contributed by atoms with Crippen LogP contribution in [0.15, 0.2) is 394 Å². The molecule has 0 saturated carbocycles. The van der Waals surface area contributed by atoms with Crippen molar-refractivity contribution in [3.63, 3.8) is 0 Å². The third-order valence-electron chi connectivity index (χ3n) is 31.3. The first-order valence-corrected chi connectivity index (χ1v) is 47.9. The number of rotatable bonds is 6. The molecule has 650 valence electrons. The Kier molecular flexibility index (Phi) is 19.1. The van der Waals surface area contributed by atoms with Crippen molar-refractivity contribution >= 4 is 131 Å². The molecule has 3 aliphatic heterocycles. The fourth-order valence-corrected chi connectivity index (χ4v) is 24.5. The number of fused-ring (bicyclic) bond motifs is 19. The zero-order valence-corrected chi connectivity index (χ0v) is 79.4. The van der Waals surface area contributed by atoms with E-state index in [-0.39, 0.29) is 21.7 Å². The van der Waals surface area contributed by atoms with E-state index in [0.717, 1.165) is 0 Å². The summed E-state index contributed by atoms with van der Waals surface area (Å²) in [4.78, 5) is 7.14. The van der Waals surface area contributed by atoms with Gasteiger partial charge in [-0.05, 0) is 289 Å². The molecule has 26 rings (SSSR count). The number of aryl methyl sites for hydroxylation is 3. The molecule has 22 aromatic rings. The second-order valence-corrected chi connectivity index (χ2v) is 40.5. The van der Waals surface area contributed by atoms with Crippen LogP contribution >= 0.6 is 0 Å². The van der Waals surface area contributed by atoms with Crippen molar-refractivity contribution in [2.24, 2.45) is 0 Å². The van der Waals surface area contributed by atoms with Crippen LogP contribution in [0.1, 0.15) is 117 Å². The molecule has 0 radical (unpaired) electrons. The minimum absolute atomic E-state index is 0.0500. The van der Waals surface area contributed by atoms with Gasteiger partial charge in [0.15, 0.2) is 0 Å². The summed E-state index contributed by atoms with van der Waals surface area (Å²) in [6.45, 7) is 25.5. The molecule has 1 aliphatic carbocycles. The Labute approximate surface area is 792 Å². The van der Waals surface area contributed by atoms with E-state index in [1.807, 2.05) is 0 Å². The molecule has 4 aliphatic rings. The van der Waals surface area contributed by atoms with Crippen LogP contribution in [0.3, 0.4) is 0 Å². The number of nitrogens with zero attached hydrogens (tertiary/aromatic N) is 3. The Morgan fingerprint density at radius 2 is 0.437 bits per heavy atom. The van der Waals surface area contributed by atoms with Gasteiger partial charge in [-0.1, -0.05) is 418 Å². The second kappa shape index (κ2) is 31.1. The molecule has 3 nitrogen and oxygen atoms in total. The predicted molar refractivity (Wildman–Crippen MR) is 581 cm³/mol. The molecule has 0 unspecified atom stereocenters. The highest BCUT2D eigenvalue weighted by Crippen LogP contribution is 2.59. The lowest BCUT2D eigenvalue weighted by atomic mass is 9.73. The molecule has 22 aromatic carbocycles. The summed E-state index contributed by atoms with van der Waals surface area (Å²) in [6.07, 6.45) is 0. The normalized spacial score (nSPS) is 14.3. The van der Waals surface area contributed by atoms with Gasteiger partial charge < -0.3 is 14.7 Å². The SMILES string of the molecule is Cc1ccc2c(-c3cc4ccccc4c4ccccc34)c3ccccc3c(-c3ccc4c(c3)N(C)c3ccccc3C4(C)C)c2c1.Cc1ccc2c(-c3ccc4c(c3)C(C)(C)c3ccccc3-4)c3ccccc3c(-c3ccc4c(c3)N(C)c3ccccc3C4(C)C)c2c1.Cc1ccc2c(-c3cccc4ccccc34)c3ccccc3c(-c3ccc4c(c3)N(C)c3ccccc3C4(C)C)c2c1. The zero-order valence-electron chi connectivity index (χ0n) is 79.4. The summed E-state index contributed by atoms with van der Waals surface area (Å²) in [5, 5.41) is 23.2. The standard InChI is InChI=1S/C46H39N.C45H35N.C41H33N/c1-28-19-22-35-36(25-28)44(30-21-24-39-42(27-30)47(6)41-18-12-11-17-38(41)46(39,4)5)34-15-8-7-14-33(34)43(35)29-20-23-32-31-13-9-10-16-37(31)45(2,3)40(32)26-29;1-28-21-23-36-37(25-28)43(30-22-24-40-42(27-30)46(4)41-20-12-11-19-39(41)45(40,2)3)34-17-9-10-18-35(34)44(36)38-26-29-13-5-6-14-31(29)32-15-7-8-16-33(32)38;1-26-20-22-33-34(24-26)39(28-21-23-36-38(25-28)42(4)37-19-10-9-18-35(37)41(36,2)3)31-15-7-8-16-32(31)40(33)30-17-11-13-27-12-5-6-14-29(27)30/h7-27H,1-6H3;5-27H,1-4H3;5-25H,1-4H3. The van der Waals surface area contributed by atoms with Crippen molar-refractivity contribution < 1.29 is 0 Å². The van der Waals surface area contributed by atoms with Gasteiger partial charge in [0, 0.05) is 76.9 Å². The Morgan fingerprint density at radius 1 is 0.156 bits per heavy atom. The van der Waals surface area contributed by atoms with Gasteiger partial charge in [0.25, 0.3) is 0 Å². The van der Waals surface area contributed by atoms with Crippen LogP contribution in [0.5, 0.6) is 0 Å². The van der Waals surface area contributed by atoms with Crippen molar-refractivity contribution in [1.29, 1.82) is 0 Å². The molecule has 0 amide bonds. The summed E-state index contributed by atoms with van der Waals surface area (Å²) >= 11 is 0. The van der Waals surface area contributed by atoms with Crippen LogP contribution in [0.4, 0.5) is 34.1 Å². The monoisotopic (exact) mass is 1730 g/mol. The summed E-state index contributed by atoms with van der Waals surface area (Å²) < 4.78 is 0. The fourth-order valence-electron chi connectivity index (χ4n) is 24.5. The molecular formula is C132H107N3. The van der Waals surface area contributed by atoms with E-state index < -0.39 is 0 Å². The number of para-hydroxylation sites is 3. The van der Waals surface area contributed by atoms with Gasteiger partial charge in [-0.3, -0.25) is 0 Å². The van der Waals surface area contributed by atoms with Gasteiger partial charge in [-0.25, -0.2) is 0 Å². The zero-order chi connectivity index (χ0) is 92.0. The molecule has 3 heterocycles. The average molecular weight is 1740 g/mol. The third kappa shape index (κ3) is 12.7. The van der Waals surface area contributed by atoms with E-state index in [4.69, 9.17) is 0 Å². The lowest BCUT2D eigenvalue weighted by molar-refractivity contribution is 0.629. The highest BCUT2D eigenvalue weighted by atomic mass is 15.1. The Hall–Kier alpha value is -15.4. The van der Waals surface area contributed by atoms with Gasteiger partial charge in [-0.2, -0.15) is 0 Å². The van der Waals surface area contributed by atoms with Gasteiger partial charge in [-0.15, -0.1) is 0 Å². The van der Waals surface area contributed by atoms with Crippen LogP contribution in [-0.2, 0) is 21.7 Å². The largest absolute Gasteiger partial charge is 0.344 e. The molecular weight excluding hydrogens is 1630 g/mol. The summed E-state index contributed by atoms with van der Waals surface area (Å²) in [7, 11) is 6.64. The topological polar surface area (TPSA) is 9.72 Å². The maximum atomic E-state index is 2.48. The van der Waals surface area contributed by atoms with E-state index in [0.29, 0.717) is 0 Å². The minimum atomic E-state index is -0.0846. The third-order valence-corrected chi connectivity index (χ3v) is 31.3. The molecule has 0 bridgehead atoms. The number of hydrogen-bond donors (Lipinski definition) is 0. The molecule has 0 fully saturated rings. The summed E-state index contributed by atoms with van der Waals surface area (Å²) in [5.41, 5.74) is 40.4. The van der Waals surface area contributed by atoms with Crippen LogP contribution < -0.4 is 14.7 Å². The van der Waals surface area contributed by atoms with Crippen molar-refractivity contribution in [1.82, 2.24) is 0 Å². The lowest BCUT2D eigenvalue weighted by Gasteiger charge is -2.40. The van der Waals surface area contributed by atoms with Gasteiger partial charge in [0.2, 0.25) is 0 Å². The van der Waals surface area contributed by atoms with Crippen molar-refractivity contribution in [3.8, 4) is 77.9 Å². The number of hydrogen-bond acceptors (Lipinski definition) is 3. The molecule has 0 N–H and O–H groups in total. The van der Waals surface area contributed by atoms with Crippen molar-refractivity contribution in [2.45, 2.75) is 97.8 Å². The Morgan fingerprint density at radius 3 is 0.881 bits per heavy atom. The Bertz CT molecular complexity index is 8780. The fraction of sp³-hybridized carbons (Fsp3) is 0.136. The maximum Gasteiger partial charge on any atom is 0.0455 e. The van der Waals surface area contributed by atoms with Crippen molar-refractivity contribution in [3.05, 3.63) is 456 Å². The number of anilines is 6. The number of benzene rings is 22. The lowest BCUT2D eigenvalue weighted by Crippen LogP contribution is -2.30. The van der Waals surface area contributed by atoms with Gasteiger partial charge in [0.05, 0.1) is 0 Å². The smallest absolute Gasteiger partial charge is 0.0455 e. The van der Waals surface area contributed by atoms with Gasteiger partial charge >= 0.3 is 0 Å². The first-order chi connectivity index (χ1) is 65.5. The van der Waals surface area contributed by atoms with Crippen LogP contribution in [0, 0.1) is 20.8 Å². The molecule has 135 heavy (non-hydrogen) atoms. The first kappa shape index (κ1) is 82.7. The second-order valence-electron chi connectivity index (χ2n) is 40.5. The summed E-state index contributed by atoms with van der Waals surface area (Å²) in [6, 6.07) is 148. The predicted octanol–water partition coefficient (Wildman–Crippen LogP) is 35.9. The van der Waals surface area contributed by atoms with E-state index >= 15 is 0 Å². The van der Waals surface area contributed by atoms with E-state index in [9.17, 15) is 0 Å². The molecule has 3 heteroatoms. The molecule has 0 saturated heterocycles. The Balaban J connectivity index is 0.000000111.